The van der Waals surface area contributed by atoms with Crippen molar-refractivity contribution in [2.24, 2.45) is 5.73 Å². The molecule has 0 saturated carbocycles. The number of carbonyl (C=O) groups is 1. The molecule has 0 aromatic heterocycles. The second-order valence-corrected chi connectivity index (χ2v) is 4.86. The first kappa shape index (κ1) is 13.9. The number of halogens is 2. The largest absolute Gasteiger partial charge is 0.379 e. The Morgan fingerprint density at radius 2 is 2.26 bits per heavy atom. The van der Waals surface area contributed by atoms with Crippen LogP contribution in [0.15, 0.2) is 18.2 Å². The summed E-state index contributed by atoms with van der Waals surface area (Å²) in [4.78, 5) is 13.5. The summed E-state index contributed by atoms with van der Waals surface area (Å²) in [6.07, 6.45) is 0.447. The van der Waals surface area contributed by atoms with Crippen LogP contribution in [0.4, 0.5) is 8.78 Å². The Hall–Kier alpha value is -1.53. The molecule has 0 aliphatic carbocycles. The molecule has 1 saturated heterocycles. The van der Waals surface area contributed by atoms with Crippen LogP contribution in [0, 0.1) is 11.6 Å². The highest BCUT2D eigenvalue weighted by atomic mass is 19.1. The molecule has 1 amide bonds. The van der Waals surface area contributed by atoms with Crippen molar-refractivity contribution in [1.29, 1.82) is 0 Å². The third-order valence-corrected chi connectivity index (χ3v) is 3.25. The van der Waals surface area contributed by atoms with Gasteiger partial charge in [-0.3, -0.25) is 4.79 Å². The van der Waals surface area contributed by atoms with Crippen molar-refractivity contribution in [2.75, 3.05) is 20.3 Å². The average Bonchev–Trinajstić information content (AvgIpc) is 2.80. The van der Waals surface area contributed by atoms with E-state index in [1.165, 1.54) is 18.0 Å². The number of likely N-dealkylation sites (N-methyl/N-ethyl adjacent to an activating group) is 1. The maximum atomic E-state index is 13.5. The van der Waals surface area contributed by atoms with Gasteiger partial charge in [-0.25, -0.2) is 8.78 Å². The monoisotopic (exact) mass is 270 g/mol. The van der Waals surface area contributed by atoms with Gasteiger partial charge in [0.05, 0.1) is 6.61 Å². The molecule has 19 heavy (non-hydrogen) atoms. The third-order valence-electron chi connectivity index (χ3n) is 3.25. The van der Waals surface area contributed by atoms with Gasteiger partial charge in [0.1, 0.15) is 17.2 Å². The normalized spacial score (nSPS) is 22.5. The molecule has 2 rings (SSSR count). The zero-order chi connectivity index (χ0) is 14.0. The summed E-state index contributed by atoms with van der Waals surface area (Å²) in [6, 6.07) is 3.28. The molecule has 1 heterocycles. The molecule has 0 spiro atoms. The summed E-state index contributed by atoms with van der Waals surface area (Å²) < 4.78 is 31.4. The zero-order valence-electron chi connectivity index (χ0n) is 10.7. The lowest BCUT2D eigenvalue weighted by atomic mass is 9.98. The predicted octanol–water partition coefficient (Wildman–Crippen LogP) is 1.04. The van der Waals surface area contributed by atoms with E-state index in [0.29, 0.717) is 13.0 Å². The maximum Gasteiger partial charge on any atom is 0.245 e. The quantitative estimate of drug-likeness (QED) is 0.893. The lowest BCUT2D eigenvalue weighted by Crippen LogP contribution is -2.54. The van der Waals surface area contributed by atoms with Crippen LogP contribution < -0.4 is 5.73 Å². The molecule has 1 aromatic carbocycles. The first-order valence-corrected chi connectivity index (χ1v) is 5.98. The van der Waals surface area contributed by atoms with E-state index in [1.807, 2.05) is 0 Å². The summed E-state index contributed by atoms with van der Waals surface area (Å²) in [5.74, 6) is -1.61. The van der Waals surface area contributed by atoms with E-state index in [9.17, 15) is 13.6 Å². The first-order chi connectivity index (χ1) is 8.92. The summed E-state index contributed by atoms with van der Waals surface area (Å²) in [7, 11) is 1.54. The Labute approximate surface area is 110 Å². The number of hydrogen-bond acceptors (Lipinski definition) is 3. The van der Waals surface area contributed by atoms with Gasteiger partial charge in [0.15, 0.2) is 0 Å². The van der Waals surface area contributed by atoms with Crippen LogP contribution in [-0.4, -0.2) is 36.6 Å². The van der Waals surface area contributed by atoms with Crippen LogP contribution in [0.5, 0.6) is 0 Å². The van der Waals surface area contributed by atoms with E-state index < -0.39 is 17.2 Å². The van der Waals surface area contributed by atoms with Crippen molar-refractivity contribution in [3.63, 3.8) is 0 Å². The minimum Gasteiger partial charge on any atom is -0.379 e. The number of nitrogens with zero attached hydrogens (tertiary/aromatic N) is 1. The van der Waals surface area contributed by atoms with E-state index in [4.69, 9.17) is 10.5 Å². The molecule has 4 nitrogen and oxygen atoms in total. The second kappa shape index (κ2) is 5.22. The number of hydrogen-bond donors (Lipinski definition) is 1. The van der Waals surface area contributed by atoms with Crippen molar-refractivity contribution >= 4 is 5.91 Å². The zero-order valence-corrected chi connectivity index (χ0v) is 10.7. The SMILES string of the molecule is CN(Cc1ccc(F)cc1F)C(=O)C1(N)CCOC1. The van der Waals surface area contributed by atoms with Crippen LogP contribution >= 0.6 is 0 Å². The Kier molecular flexibility index (Phi) is 3.82. The van der Waals surface area contributed by atoms with E-state index in [2.05, 4.69) is 0 Å². The van der Waals surface area contributed by atoms with Gasteiger partial charge in [0.25, 0.3) is 0 Å². The molecule has 1 aliphatic heterocycles. The van der Waals surface area contributed by atoms with Gasteiger partial charge >= 0.3 is 0 Å². The fourth-order valence-electron chi connectivity index (χ4n) is 2.11. The fourth-order valence-corrected chi connectivity index (χ4v) is 2.11. The number of rotatable bonds is 3. The van der Waals surface area contributed by atoms with Gasteiger partial charge in [-0.15, -0.1) is 0 Å². The standard InChI is InChI=1S/C13H16F2N2O2/c1-17(12(18)13(16)4-5-19-8-13)7-9-2-3-10(14)6-11(9)15/h2-3,6H,4-5,7-8,16H2,1H3. The minimum absolute atomic E-state index is 0.0455. The van der Waals surface area contributed by atoms with Crippen LogP contribution in [0.3, 0.4) is 0 Å². The highest BCUT2D eigenvalue weighted by Crippen LogP contribution is 2.20. The van der Waals surface area contributed by atoms with E-state index in [-0.39, 0.29) is 24.6 Å². The molecule has 2 N–H and O–H groups in total. The van der Waals surface area contributed by atoms with Crippen molar-refractivity contribution in [1.82, 2.24) is 4.90 Å². The number of carbonyl (C=O) groups excluding carboxylic acids is 1. The van der Waals surface area contributed by atoms with Crippen molar-refractivity contribution in [2.45, 2.75) is 18.5 Å². The lowest BCUT2D eigenvalue weighted by molar-refractivity contribution is -0.136. The Bertz CT molecular complexity index is 488. The molecule has 0 bridgehead atoms. The maximum absolute atomic E-state index is 13.5. The van der Waals surface area contributed by atoms with Crippen LogP contribution in [0.1, 0.15) is 12.0 Å². The molecule has 104 valence electrons. The van der Waals surface area contributed by atoms with Gasteiger partial charge in [-0.1, -0.05) is 6.07 Å². The van der Waals surface area contributed by atoms with Gasteiger partial charge in [0, 0.05) is 31.8 Å². The second-order valence-electron chi connectivity index (χ2n) is 4.86. The first-order valence-electron chi connectivity index (χ1n) is 5.98. The van der Waals surface area contributed by atoms with Gasteiger partial charge in [0.2, 0.25) is 5.91 Å². The van der Waals surface area contributed by atoms with Crippen molar-refractivity contribution in [3.8, 4) is 0 Å². The third kappa shape index (κ3) is 2.90. The number of ether oxygens (including phenoxy) is 1. The molecule has 6 heteroatoms. The van der Waals surface area contributed by atoms with E-state index in [1.54, 1.807) is 0 Å². The lowest BCUT2D eigenvalue weighted by Gasteiger charge is -2.27. The smallest absolute Gasteiger partial charge is 0.245 e. The molecule has 1 aliphatic rings. The van der Waals surface area contributed by atoms with Crippen LogP contribution in [0.25, 0.3) is 0 Å². The minimum atomic E-state index is -1.04. The summed E-state index contributed by atoms with van der Waals surface area (Å²) in [5.41, 5.74) is 5.16. The molecule has 1 atom stereocenters. The van der Waals surface area contributed by atoms with Crippen LogP contribution in [-0.2, 0) is 16.1 Å². The van der Waals surface area contributed by atoms with Crippen molar-refractivity contribution < 1.29 is 18.3 Å². The molecule has 1 unspecified atom stereocenters. The van der Waals surface area contributed by atoms with Gasteiger partial charge in [-0.2, -0.15) is 0 Å². The van der Waals surface area contributed by atoms with E-state index >= 15 is 0 Å². The summed E-state index contributed by atoms with van der Waals surface area (Å²) in [5, 5.41) is 0. The van der Waals surface area contributed by atoms with Crippen molar-refractivity contribution in [3.05, 3.63) is 35.4 Å². The van der Waals surface area contributed by atoms with Crippen LogP contribution in [0.2, 0.25) is 0 Å². The number of nitrogens with two attached hydrogens (primary N) is 1. The van der Waals surface area contributed by atoms with E-state index in [0.717, 1.165) is 12.1 Å². The Morgan fingerprint density at radius 1 is 1.53 bits per heavy atom. The summed E-state index contributed by atoms with van der Waals surface area (Å²) in [6.45, 7) is 0.660. The highest BCUT2D eigenvalue weighted by molar-refractivity contribution is 5.86. The highest BCUT2D eigenvalue weighted by Gasteiger charge is 2.40. The van der Waals surface area contributed by atoms with Gasteiger partial charge < -0.3 is 15.4 Å². The summed E-state index contributed by atoms with van der Waals surface area (Å²) >= 11 is 0. The average molecular weight is 270 g/mol. The predicted molar refractivity (Wildman–Crippen MR) is 65.2 cm³/mol. The van der Waals surface area contributed by atoms with Gasteiger partial charge in [-0.05, 0) is 12.5 Å². The molecular weight excluding hydrogens is 254 g/mol. The molecule has 1 aromatic rings. The Morgan fingerprint density at radius 3 is 2.84 bits per heavy atom. The Balaban J connectivity index is 2.08. The molecule has 0 radical (unpaired) electrons. The fraction of sp³-hybridized carbons (Fsp3) is 0.462. The molecular formula is C13H16F2N2O2. The topological polar surface area (TPSA) is 55.6 Å². The number of amides is 1. The molecule has 1 fully saturated rings. The number of benzene rings is 1.